The lowest BCUT2D eigenvalue weighted by atomic mass is 10.4. The van der Waals surface area contributed by atoms with Crippen molar-refractivity contribution in [3.8, 4) is 0 Å². The fraction of sp³-hybridized carbons (Fsp3) is 0.667. The number of guanidine groups is 1. The average Bonchev–Trinajstić information content (AvgIpc) is 2.92. The molecule has 1 aromatic rings. The van der Waals surface area contributed by atoms with Gasteiger partial charge < -0.3 is 14.8 Å². The number of hydrogen-bond donors (Lipinski definition) is 1. The van der Waals surface area contributed by atoms with E-state index in [1.54, 1.807) is 21.0 Å². The number of aromatic nitrogens is 1. The maximum Gasteiger partial charge on any atom is 0.213 e. The lowest BCUT2D eigenvalue weighted by molar-refractivity contribution is 0.445. The van der Waals surface area contributed by atoms with Gasteiger partial charge in [0.25, 0.3) is 0 Å². The van der Waals surface area contributed by atoms with Gasteiger partial charge in [0, 0.05) is 53.2 Å². The van der Waals surface area contributed by atoms with Crippen molar-refractivity contribution in [2.45, 2.75) is 19.9 Å². The Morgan fingerprint density at radius 2 is 2.09 bits per heavy atom. The Morgan fingerprint density at radius 1 is 1.39 bits per heavy atom. The molecular weight excluding hydrogens is 314 g/mol. The van der Waals surface area contributed by atoms with Crippen molar-refractivity contribution in [2.75, 3.05) is 40.0 Å². The third-order valence-electron chi connectivity index (χ3n) is 3.80. The third-order valence-corrected chi connectivity index (χ3v) is 5.66. The Morgan fingerprint density at radius 3 is 2.61 bits per heavy atom. The lowest BCUT2D eigenvalue weighted by Crippen LogP contribution is -2.40. The Bertz CT molecular complexity index is 609. The zero-order valence-electron chi connectivity index (χ0n) is 14.8. The summed E-state index contributed by atoms with van der Waals surface area (Å²) in [5, 5.41) is 3.27. The molecule has 0 aliphatic heterocycles. The molecule has 0 atom stereocenters. The molecule has 23 heavy (non-hydrogen) atoms. The minimum Gasteiger partial charge on any atom is -0.356 e. The molecule has 0 aliphatic rings. The largest absolute Gasteiger partial charge is 0.356 e. The summed E-state index contributed by atoms with van der Waals surface area (Å²) in [6, 6.07) is 4.09. The first-order chi connectivity index (χ1) is 10.8. The van der Waals surface area contributed by atoms with Gasteiger partial charge in [0.2, 0.25) is 10.0 Å². The van der Waals surface area contributed by atoms with Gasteiger partial charge in [-0.1, -0.05) is 0 Å². The smallest absolute Gasteiger partial charge is 0.213 e. The van der Waals surface area contributed by atoms with Crippen molar-refractivity contribution in [3.05, 3.63) is 24.0 Å². The van der Waals surface area contributed by atoms with Crippen LogP contribution >= 0.6 is 0 Å². The molecule has 1 aromatic heterocycles. The first-order valence-corrected chi connectivity index (χ1v) is 9.38. The average molecular weight is 343 g/mol. The SMILES string of the molecule is CCS(=O)(=O)N(C)CCCNC(=NC)N(C)Cc1cccn1C. The Hall–Kier alpha value is -1.54. The van der Waals surface area contributed by atoms with E-state index >= 15 is 0 Å². The molecule has 0 bridgehead atoms. The van der Waals surface area contributed by atoms with E-state index in [-0.39, 0.29) is 5.75 Å². The summed E-state index contributed by atoms with van der Waals surface area (Å²) in [4.78, 5) is 6.31. The normalized spacial score (nSPS) is 12.7. The van der Waals surface area contributed by atoms with Crippen molar-refractivity contribution in [2.24, 2.45) is 12.0 Å². The van der Waals surface area contributed by atoms with E-state index in [9.17, 15) is 8.42 Å². The molecule has 0 amide bonds. The van der Waals surface area contributed by atoms with Gasteiger partial charge >= 0.3 is 0 Å². The van der Waals surface area contributed by atoms with Gasteiger partial charge in [0.15, 0.2) is 5.96 Å². The molecule has 0 radical (unpaired) electrons. The highest BCUT2D eigenvalue weighted by atomic mass is 32.2. The van der Waals surface area contributed by atoms with Crippen LogP contribution in [-0.4, -0.2) is 68.1 Å². The van der Waals surface area contributed by atoms with Crippen LogP contribution in [0.3, 0.4) is 0 Å². The summed E-state index contributed by atoms with van der Waals surface area (Å²) in [7, 11) is 4.27. The van der Waals surface area contributed by atoms with E-state index in [1.807, 2.05) is 31.3 Å². The molecular formula is C15H29N5O2S. The first-order valence-electron chi connectivity index (χ1n) is 7.77. The molecule has 0 unspecified atom stereocenters. The number of rotatable bonds is 8. The number of aliphatic imine (C=N–C) groups is 1. The summed E-state index contributed by atoms with van der Waals surface area (Å²) in [6.45, 7) is 3.59. The Labute approximate surface area is 140 Å². The molecule has 1 heterocycles. The highest BCUT2D eigenvalue weighted by Crippen LogP contribution is 2.04. The van der Waals surface area contributed by atoms with Gasteiger partial charge in [0.05, 0.1) is 12.3 Å². The minimum absolute atomic E-state index is 0.137. The minimum atomic E-state index is -3.10. The Balaban J connectivity index is 2.41. The summed E-state index contributed by atoms with van der Waals surface area (Å²) >= 11 is 0. The summed E-state index contributed by atoms with van der Waals surface area (Å²) < 4.78 is 26.8. The molecule has 8 heteroatoms. The van der Waals surface area contributed by atoms with Crippen LogP contribution in [-0.2, 0) is 23.6 Å². The molecule has 1 N–H and O–H groups in total. The highest BCUT2D eigenvalue weighted by molar-refractivity contribution is 7.89. The number of sulfonamides is 1. The summed E-state index contributed by atoms with van der Waals surface area (Å²) in [6.07, 6.45) is 2.75. The monoisotopic (exact) mass is 343 g/mol. The summed E-state index contributed by atoms with van der Waals surface area (Å²) in [5.41, 5.74) is 1.20. The van der Waals surface area contributed by atoms with Crippen molar-refractivity contribution >= 4 is 16.0 Å². The highest BCUT2D eigenvalue weighted by Gasteiger charge is 2.14. The van der Waals surface area contributed by atoms with Crippen molar-refractivity contribution in [3.63, 3.8) is 0 Å². The van der Waals surface area contributed by atoms with E-state index in [0.29, 0.717) is 13.1 Å². The topological polar surface area (TPSA) is 69.9 Å². The van der Waals surface area contributed by atoms with Gasteiger partial charge in [-0.3, -0.25) is 4.99 Å². The number of nitrogens with one attached hydrogen (secondary N) is 1. The quantitative estimate of drug-likeness (QED) is 0.429. The van der Waals surface area contributed by atoms with Gasteiger partial charge in [-0.15, -0.1) is 0 Å². The van der Waals surface area contributed by atoms with Gasteiger partial charge in [-0.05, 0) is 25.5 Å². The van der Waals surface area contributed by atoms with Crippen LogP contribution in [0.25, 0.3) is 0 Å². The second kappa shape index (κ2) is 8.93. The maximum atomic E-state index is 11.7. The maximum absolute atomic E-state index is 11.7. The number of nitrogens with zero attached hydrogens (tertiary/aromatic N) is 4. The van der Waals surface area contributed by atoms with Crippen LogP contribution in [0.1, 0.15) is 19.0 Å². The molecule has 1 rings (SSSR count). The zero-order valence-corrected chi connectivity index (χ0v) is 15.6. The molecule has 0 spiro atoms. The third kappa shape index (κ3) is 5.87. The van der Waals surface area contributed by atoms with Crippen molar-refractivity contribution in [1.82, 2.24) is 19.1 Å². The fourth-order valence-corrected chi connectivity index (χ4v) is 3.07. The lowest BCUT2D eigenvalue weighted by Gasteiger charge is -2.23. The standard InChI is InChI=1S/C15H29N5O2S/c1-6-23(21,22)20(5)12-8-10-17-15(16-2)19(4)13-14-9-7-11-18(14)3/h7,9,11H,6,8,10,12-13H2,1-5H3,(H,16,17). The van der Waals surface area contributed by atoms with Crippen LogP contribution in [0.2, 0.25) is 0 Å². The van der Waals surface area contributed by atoms with E-state index < -0.39 is 10.0 Å². The molecule has 0 saturated heterocycles. The van der Waals surface area contributed by atoms with E-state index in [0.717, 1.165) is 18.9 Å². The number of hydrogen-bond acceptors (Lipinski definition) is 3. The predicted molar refractivity (Wildman–Crippen MR) is 94.9 cm³/mol. The van der Waals surface area contributed by atoms with Gasteiger partial charge in [-0.25, -0.2) is 12.7 Å². The van der Waals surface area contributed by atoms with Gasteiger partial charge in [-0.2, -0.15) is 0 Å². The predicted octanol–water partition coefficient (Wildman–Crippen LogP) is 0.704. The molecule has 7 nitrogen and oxygen atoms in total. The van der Waals surface area contributed by atoms with Crippen LogP contribution in [0.5, 0.6) is 0 Å². The van der Waals surface area contributed by atoms with Crippen molar-refractivity contribution in [1.29, 1.82) is 0 Å². The summed E-state index contributed by atoms with van der Waals surface area (Å²) in [5.74, 6) is 0.935. The van der Waals surface area contributed by atoms with E-state index in [4.69, 9.17) is 0 Å². The number of aryl methyl sites for hydroxylation is 1. The van der Waals surface area contributed by atoms with Crippen LogP contribution in [0, 0.1) is 0 Å². The van der Waals surface area contributed by atoms with E-state index in [2.05, 4.69) is 20.9 Å². The van der Waals surface area contributed by atoms with Crippen LogP contribution in [0.4, 0.5) is 0 Å². The molecule has 132 valence electrons. The van der Waals surface area contributed by atoms with E-state index in [1.165, 1.54) is 10.00 Å². The van der Waals surface area contributed by atoms with Crippen LogP contribution in [0.15, 0.2) is 23.3 Å². The molecule has 0 aliphatic carbocycles. The molecule has 0 fully saturated rings. The Kier molecular flexibility index (Phi) is 7.57. The molecule has 0 saturated carbocycles. The zero-order chi connectivity index (χ0) is 17.5. The van der Waals surface area contributed by atoms with Crippen molar-refractivity contribution < 1.29 is 8.42 Å². The molecule has 0 aromatic carbocycles. The second-order valence-corrected chi connectivity index (χ2v) is 7.88. The fourth-order valence-electron chi connectivity index (χ4n) is 2.22. The van der Waals surface area contributed by atoms with Gasteiger partial charge in [0.1, 0.15) is 0 Å². The van der Waals surface area contributed by atoms with Crippen LogP contribution < -0.4 is 5.32 Å². The second-order valence-electron chi connectivity index (χ2n) is 5.52. The first kappa shape index (κ1) is 19.5.